The van der Waals surface area contributed by atoms with Gasteiger partial charge in [0.25, 0.3) is 0 Å². The number of ether oxygens (including phenoxy) is 1. The third-order valence-corrected chi connectivity index (χ3v) is 4.97. The summed E-state index contributed by atoms with van der Waals surface area (Å²) in [7, 11) is 0. The zero-order valence-corrected chi connectivity index (χ0v) is 17.6. The number of benzene rings is 3. The third kappa shape index (κ3) is 6.45. The average Bonchev–Trinajstić information content (AvgIpc) is 2.78. The van der Waals surface area contributed by atoms with Crippen LogP contribution in [0.25, 0.3) is 28.3 Å². The smallest absolute Gasteiger partial charge is 0.119 e. The van der Waals surface area contributed by atoms with Crippen molar-refractivity contribution in [1.29, 1.82) is 0 Å². The topological polar surface area (TPSA) is 9.23 Å². The first kappa shape index (κ1) is 21.6. The largest absolute Gasteiger partial charge is 0.490 e. The van der Waals surface area contributed by atoms with Gasteiger partial charge in [-0.25, -0.2) is 4.39 Å². The van der Waals surface area contributed by atoms with Gasteiger partial charge < -0.3 is 4.74 Å². The molecule has 0 aromatic heterocycles. The van der Waals surface area contributed by atoms with E-state index >= 15 is 0 Å². The molecule has 1 nitrogen and oxygen atoms in total. The first-order valence-electron chi connectivity index (χ1n) is 10.5. The lowest BCUT2D eigenvalue weighted by atomic mass is 9.99. The summed E-state index contributed by atoms with van der Waals surface area (Å²) < 4.78 is 18.3. The molecule has 0 aliphatic heterocycles. The Morgan fingerprint density at radius 1 is 0.833 bits per heavy atom. The molecule has 0 heterocycles. The number of unbranched alkanes of at least 4 members (excludes halogenated alkanes) is 1. The Balaban J connectivity index is 1.60. The number of halogens is 1. The molecule has 0 saturated carbocycles. The fraction of sp³-hybridized carbons (Fsp3) is 0.214. The Labute approximate surface area is 179 Å². The van der Waals surface area contributed by atoms with Crippen LogP contribution in [-0.2, 0) is 0 Å². The highest BCUT2D eigenvalue weighted by Gasteiger charge is 2.02. The van der Waals surface area contributed by atoms with Crippen molar-refractivity contribution in [3.63, 3.8) is 0 Å². The maximum atomic E-state index is 12.8. The Hall–Kier alpha value is -3.13. The zero-order valence-electron chi connectivity index (χ0n) is 17.6. The molecule has 0 saturated heterocycles. The lowest BCUT2D eigenvalue weighted by molar-refractivity contribution is 0.335. The standard InChI is InChI=1S/C28H29FO/c1-3-21-30-28-19-17-27(18-20-28)26-15-13-25(14-16-26)24-11-9-23(10-12-24)8-6-4-5-7-22(2)29/h3,6,8-20,22H,1,4-5,7,21H2,2H3. The summed E-state index contributed by atoms with van der Waals surface area (Å²) in [5, 5.41) is 0. The van der Waals surface area contributed by atoms with Crippen molar-refractivity contribution in [1.82, 2.24) is 0 Å². The third-order valence-electron chi connectivity index (χ3n) is 4.97. The molecular formula is C28H29FO. The molecule has 154 valence electrons. The summed E-state index contributed by atoms with van der Waals surface area (Å²) in [6.07, 6.45) is 7.71. The fourth-order valence-corrected chi connectivity index (χ4v) is 3.28. The molecule has 30 heavy (non-hydrogen) atoms. The molecule has 0 aliphatic rings. The van der Waals surface area contributed by atoms with Gasteiger partial charge in [-0.1, -0.05) is 85.5 Å². The maximum Gasteiger partial charge on any atom is 0.119 e. The van der Waals surface area contributed by atoms with Gasteiger partial charge in [0, 0.05) is 0 Å². The van der Waals surface area contributed by atoms with Crippen molar-refractivity contribution in [2.75, 3.05) is 6.61 Å². The van der Waals surface area contributed by atoms with Gasteiger partial charge in [0.1, 0.15) is 12.4 Å². The summed E-state index contributed by atoms with van der Waals surface area (Å²) in [6.45, 7) is 5.80. The van der Waals surface area contributed by atoms with E-state index in [9.17, 15) is 4.39 Å². The molecule has 0 amide bonds. The molecule has 0 aliphatic carbocycles. The van der Waals surface area contributed by atoms with Crippen LogP contribution in [0.4, 0.5) is 4.39 Å². The predicted molar refractivity (Wildman–Crippen MR) is 126 cm³/mol. The van der Waals surface area contributed by atoms with Crippen LogP contribution in [0.5, 0.6) is 5.75 Å². The van der Waals surface area contributed by atoms with E-state index in [1.165, 1.54) is 22.3 Å². The van der Waals surface area contributed by atoms with E-state index in [0.717, 1.165) is 24.2 Å². The Kier molecular flexibility index (Phi) is 8.02. The van der Waals surface area contributed by atoms with Crippen LogP contribution >= 0.6 is 0 Å². The first-order chi connectivity index (χ1) is 14.7. The molecule has 0 N–H and O–H groups in total. The van der Waals surface area contributed by atoms with Crippen LogP contribution in [-0.4, -0.2) is 12.8 Å². The molecular weight excluding hydrogens is 371 g/mol. The summed E-state index contributed by atoms with van der Waals surface area (Å²) in [4.78, 5) is 0. The Morgan fingerprint density at radius 3 is 1.83 bits per heavy atom. The van der Waals surface area contributed by atoms with Crippen LogP contribution in [0, 0.1) is 0 Å². The highest BCUT2D eigenvalue weighted by atomic mass is 19.1. The summed E-state index contributed by atoms with van der Waals surface area (Å²) in [6, 6.07) is 25.2. The number of hydrogen-bond acceptors (Lipinski definition) is 1. The van der Waals surface area contributed by atoms with Gasteiger partial charge in [0.2, 0.25) is 0 Å². The predicted octanol–water partition coefficient (Wildman–Crippen LogP) is 8.13. The Morgan fingerprint density at radius 2 is 1.33 bits per heavy atom. The molecule has 0 spiro atoms. The molecule has 1 atom stereocenters. The van der Waals surface area contributed by atoms with E-state index in [1.54, 1.807) is 13.0 Å². The minimum atomic E-state index is -0.709. The van der Waals surface area contributed by atoms with Gasteiger partial charge in [0.05, 0.1) is 6.17 Å². The molecule has 3 aromatic carbocycles. The molecule has 2 heteroatoms. The minimum Gasteiger partial charge on any atom is -0.490 e. The number of hydrogen-bond donors (Lipinski definition) is 0. The number of alkyl halides is 1. The zero-order chi connectivity index (χ0) is 21.2. The van der Waals surface area contributed by atoms with Gasteiger partial charge >= 0.3 is 0 Å². The maximum absolute atomic E-state index is 12.8. The van der Waals surface area contributed by atoms with Crippen LogP contribution in [0.15, 0.2) is 91.5 Å². The van der Waals surface area contributed by atoms with E-state index in [0.29, 0.717) is 13.0 Å². The highest BCUT2D eigenvalue weighted by molar-refractivity contribution is 5.71. The van der Waals surface area contributed by atoms with Crippen molar-refractivity contribution in [2.24, 2.45) is 0 Å². The molecule has 0 fully saturated rings. The van der Waals surface area contributed by atoms with Gasteiger partial charge in [0.15, 0.2) is 0 Å². The lowest BCUT2D eigenvalue weighted by Gasteiger charge is -2.07. The normalized spacial score (nSPS) is 12.1. The number of allylic oxidation sites excluding steroid dienone is 1. The van der Waals surface area contributed by atoms with Crippen LogP contribution < -0.4 is 4.74 Å². The quantitative estimate of drug-likeness (QED) is 0.246. The van der Waals surface area contributed by atoms with Gasteiger partial charge in [-0.15, -0.1) is 0 Å². The SMILES string of the molecule is C=CCOc1ccc(-c2ccc(-c3ccc(C=CCCCC(C)F)cc3)cc2)cc1. The fourth-order valence-electron chi connectivity index (χ4n) is 3.28. The second kappa shape index (κ2) is 11.2. The average molecular weight is 401 g/mol. The van der Waals surface area contributed by atoms with Crippen molar-refractivity contribution < 1.29 is 9.13 Å². The van der Waals surface area contributed by atoms with Crippen molar-refractivity contribution >= 4 is 6.08 Å². The second-order valence-electron chi connectivity index (χ2n) is 7.44. The van der Waals surface area contributed by atoms with Gasteiger partial charge in [-0.3, -0.25) is 0 Å². The number of rotatable bonds is 10. The summed E-state index contributed by atoms with van der Waals surface area (Å²) >= 11 is 0. The van der Waals surface area contributed by atoms with Crippen molar-refractivity contribution in [3.8, 4) is 28.0 Å². The van der Waals surface area contributed by atoms with Crippen molar-refractivity contribution in [2.45, 2.75) is 32.4 Å². The second-order valence-corrected chi connectivity index (χ2v) is 7.44. The van der Waals surface area contributed by atoms with E-state index < -0.39 is 6.17 Å². The van der Waals surface area contributed by atoms with Crippen molar-refractivity contribution in [3.05, 3.63) is 97.1 Å². The molecule has 3 rings (SSSR count). The minimum absolute atomic E-state index is 0.515. The van der Waals surface area contributed by atoms with Crippen LogP contribution in [0.2, 0.25) is 0 Å². The molecule has 1 unspecified atom stereocenters. The van der Waals surface area contributed by atoms with Gasteiger partial charge in [-0.05, 0) is 66.1 Å². The van der Waals surface area contributed by atoms with Crippen LogP contribution in [0.3, 0.4) is 0 Å². The highest BCUT2D eigenvalue weighted by Crippen LogP contribution is 2.26. The van der Waals surface area contributed by atoms with E-state index in [1.807, 2.05) is 12.1 Å². The molecule has 0 radical (unpaired) electrons. The molecule has 0 bridgehead atoms. The van der Waals surface area contributed by atoms with E-state index in [4.69, 9.17) is 4.74 Å². The monoisotopic (exact) mass is 400 g/mol. The van der Waals surface area contributed by atoms with Gasteiger partial charge in [-0.2, -0.15) is 0 Å². The first-order valence-corrected chi connectivity index (χ1v) is 10.5. The van der Waals surface area contributed by atoms with E-state index in [-0.39, 0.29) is 0 Å². The van der Waals surface area contributed by atoms with Crippen LogP contribution in [0.1, 0.15) is 31.7 Å². The molecule has 3 aromatic rings. The summed E-state index contributed by atoms with van der Waals surface area (Å²) in [5.74, 6) is 0.849. The van der Waals surface area contributed by atoms with E-state index in [2.05, 4.69) is 79.4 Å². The Bertz CT molecular complexity index is 935. The lowest BCUT2D eigenvalue weighted by Crippen LogP contribution is -1.92. The summed E-state index contributed by atoms with van der Waals surface area (Å²) in [5.41, 5.74) is 5.89.